The van der Waals surface area contributed by atoms with Crippen LogP contribution in [0.3, 0.4) is 0 Å². The average molecular weight is 344 g/mol. The molecule has 2 heterocycles. The molecule has 25 heavy (non-hydrogen) atoms. The largest absolute Gasteiger partial charge is 0.469 e. The number of methoxy groups -OCH3 is 1. The van der Waals surface area contributed by atoms with Crippen molar-refractivity contribution < 1.29 is 14.3 Å². The second kappa shape index (κ2) is 7.84. The normalized spacial score (nSPS) is 15.2. The van der Waals surface area contributed by atoms with Gasteiger partial charge in [-0.15, -0.1) is 5.10 Å². The summed E-state index contributed by atoms with van der Waals surface area (Å²) >= 11 is 0. The Kier molecular flexibility index (Phi) is 5.34. The maximum Gasteiger partial charge on any atom is 0.306 e. The predicted molar refractivity (Wildman–Crippen MR) is 88.1 cm³/mol. The van der Waals surface area contributed by atoms with Crippen LogP contribution in [0.15, 0.2) is 30.6 Å². The van der Waals surface area contributed by atoms with Gasteiger partial charge >= 0.3 is 5.97 Å². The van der Waals surface area contributed by atoms with Gasteiger partial charge in [0.05, 0.1) is 24.8 Å². The van der Waals surface area contributed by atoms with E-state index in [2.05, 4.69) is 25.2 Å². The number of carbonyl (C=O) groups excluding carboxylic acids is 2. The van der Waals surface area contributed by atoms with Crippen LogP contribution in [-0.2, 0) is 9.53 Å². The maximum absolute atomic E-state index is 12.9. The van der Waals surface area contributed by atoms with Gasteiger partial charge in [-0.1, -0.05) is 12.1 Å². The highest BCUT2D eigenvalue weighted by molar-refractivity contribution is 5.97. The molecule has 1 aliphatic heterocycles. The van der Waals surface area contributed by atoms with E-state index in [1.165, 1.54) is 18.1 Å². The fourth-order valence-corrected chi connectivity index (χ4v) is 2.82. The fourth-order valence-electron chi connectivity index (χ4n) is 2.82. The SMILES string of the molecule is COC(=O)CCN1CCN(C(=O)c2ccccc2-n2cnnn2)CC1. The first kappa shape index (κ1) is 17.0. The highest BCUT2D eigenvalue weighted by Gasteiger charge is 2.24. The number of amides is 1. The molecule has 0 N–H and O–H groups in total. The van der Waals surface area contributed by atoms with Crippen LogP contribution < -0.4 is 0 Å². The van der Waals surface area contributed by atoms with Crippen LogP contribution in [0.5, 0.6) is 0 Å². The molecule has 0 radical (unpaired) electrons. The molecule has 0 spiro atoms. The summed E-state index contributed by atoms with van der Waals surface area (Å²) in [6.45, 7) is 3.34. The van der Waals surface area contributed by atoms with Gasteiger partial charge in [0.2, 0.25) is 0 Å². The van der Waals surface area contributed by atoms with Crippen LogP contribution in [0.25, 0.3) is 5.69 Å². The molecule has 0 atom stereocenters. The van der Waals surface area contributed by atoms with Gasteiger partial charge in [0.25, 0.3) is 5.91 Å². The topological polar surface area (TPSA) is 93.5 Å². The quantitative estimate of drug-likeness (QED) is 0.704. The second-order valence-corrected chi connectivity index (χ2v) is 5.73. The van der Waals surface area contributed by atoms with Gasteiger partial charge in [0.15, 0.2) is 0 Å². The van der Waals surface area contributed by atoms with Crippen molar-refractivity contribution in [2.24, 2.45) is 0 Å². The van der Waals surface area contributed by atoms with Gasteiger partial charge in [-0.3, -0.25) is 14.5 Å². The molecule has 1 amide bonds. The first-order valence-corrected chi connectivity index (χ1v) is 8.10. The number of hydrogen-bond acceptors (Lipinski definition) is 7. The minimum atomic E-state index is -0.214. The molecular weight excluding hydrogens is 324 g/mol. The molecule has 9 nitrogen and oxygen atoms in total. The molecule has 1 aliphatic rings. The van der Waals surface area contributed by atoms with E-state index in [1.54, 1.807) is 6.07 Å². The lowest BCUT2D eigenvalue weighted by Gasteiger charge is -2.34. The number of rotatable bonds is 5. The van der Waals surface area contributed by atoms with E-state index >= 15 is 0 Å². The summed E-state index contributed by atoms with van der Waals surface area (Å²) in [5.74, 6) is -0.257. The number of piperazine rings is 1. The Bertz CT molecular complexity index is 725. The molecular formula is C16H20N6O3. The molecule has 2 aromatic rings. The third-order valence-corrected chi connectivity index (χ3v) is 4.25. The van der Waals surface area contributed by atoms with E-state index in [0.717, 1.165) is 13.1 Å². The van der Waals surface area contributed by atoms with Crippen molar-refractivity contribution >= 4 is 11.9 Å². The molecule has 0 unspecified atom stereocenters. The number of benzene rings is 1. The first-order chi connectivity index (χ1) is 12.2. The Labute approximate surface area is 145 Å². The van der Waals surface area contributed by atoms with Crippen molar-refractivity contribution in [2.75, 3.05) is 39.8 Å². The van der Waals surface area contributed by atoms with Gasteiger partial charge in [-0.05, 0) is 22.6 Å². The fraction of sp³-hybridized carbons (Fsp3) is 0.438. The number of para-hydroxylation sites is 1. The standard InChI is InChI=1S/C16H20N6O3/c1-25-15(23)6-7-20-8-10-21(11-9-20)16(24)13-4-2-3-5-14(13)22-12-17-18-19-22/h2-5,12H,6-11H2,1H3. The Morgan fingerprint density at radius 2 is 1.92 bits per heavy atom. The number of carbonyl (C=O) groups is 2. The van der Waals surface area contributed by atoms with Crippen molar-refractivity contribution in [1.29, 1.82) is 0 Å². The molecule has 132 valence electrons. The summed E-state index contributed by atoms with van der Waals surface area (Å²) in [4.78, 5) is 28.1. The van der Waals surface area contributed by atoms with Crippen LogP contribution in [0, 0.1) is 0 Å². The average Bonchev–Trinajstić information content (AvgIpc) is 3.20. The number of hydrogen-bond donors (Lipinski definition) is 0. The summed E-state index contributed by atoms with van der Waals surface area (Å²) < 4.78 is 6.14. The van der Waals surface area contributed by atoms with Gasteiger partial charge in [-0.2, -0.15) is 4.68 Å². The van der Waals surface area contributed by atoms with E-state index in [0.29, 0.717) is 37.3 Å². The van der Waals surface area contributed by atoms with Crippen molar-refractivity contribution in [2.45, 2.75) is 6.42 Å². The molecule has 9 heteroatoms. The molecule has 0 saturated carbocycles. The van der Waals surface area contributed by atoms with Crippen molar-refractivity contribution in [3.63, 3.8) is 0 Å². The van der Waals surface area contributed by atoms with Crippen LogP contribution in [0.2, 0.25) is 0 Å². The van der Waals surface area contributed by atoms with Crippen LogP contribution >= 0.6 is 0 Å². The molecule has 1 aromatic heterocycles. The summed E-state index contributed by atoms with van der Waals surface area (Å²) in [6, 6.07) is 7.27. The Morgan fingerprint density at radius 3 is 2.60 bits per heavy atom. The lowest BCUT2D eigenvalue weighted by atomic mass is 10.1. The summed E-state index contributed by atoms with van der Waals surface area (Å²) in [5.41, 5.74) is 1.23. The Morgan fingerprint density at radius 1 is 1.16 bits per heavy atom. The summed E-state index contributed by atoms with van der Waals surface area (Å²) in [5, 5.41) is 11.1. The minimum absolute atomic E-state index is 0.0429. The van der Waals surface area contributed by atoms with E-state index < -0.39 is 0 Å². The van der Waals surface area contributed by atoms with E-state index in [-0.39, 0.29) is 11.9 Å². The van der Waals surface area contributed by atoms with Gasteiger partial charge in [0, 0.05) is 32.7 Å². The van der Waals surface area contributed by atoms with Gasteiger partial charge in [0.1, 0.15) is 6.33 Å². The zero-order valence-electron chi connectivity index (χ0n) is 14.0. The predicted octanol–water partition coefficient (Wildman–Crippen LogP) is -0.0168. The zero-order valence-corrected chi connectivity index (χ0v) is 14.0. The van der Waals surface area contributed by atoms with Crippen molar-refractivity contribution in [3.8, 4) is 5.69 Å². The Balaban J connectivity index is 1.63. The molecule has 3 rings (SSSR count). The number of esters is 1. The van der Waals surface area contributed by atoms with Crippen LogP contribution in [0.1, 0.15) is 16.8 Å². The van der Waals surface area contributed by atoms with Crippen molar-refractivity contribution in [1.82, 2.24) is 30.0 Å². The summed E-state index contributed by atoms with van der Waals surface area (Å²) in [6.07, 6.45) is 1.84. The molecule has 1 saturated heterocycles. The number of ether oxygens (including phenoxy) is 1. The van der Waals surface area contributed by atoms with Crippen LogP contribution in [0.4, 0.5) is 0 Å². The molecule has 0 bridgehead atoms. The molecule has 1 fully saturated rings. The maximum atomic E-state index is 12.9. The third-order valence-electron chi connectivity index (χ3n) is 4.25. The third kappa shape index (κ3) is 4.00. The van der Waals surface area contributed by atoms with Gasteiger partial charge < -0.3 is 9.64 Å². The Hall–Kier alpha value is -2.81. The highest BCUT2D eigenvalue weighted by Crippen LogP contribution is 2.16. The zero-order chi connectivity index (χ0) is 17.6. The monoisotopic (exact) mass is 344 g/mol. The van der Waals surface area contributed by atoms with Crippen LogP contribution in [-0.4, -0.2) is 81.7 Å². The molecule has 0 aliphatic carbocycles. The lowest BCUT2D eigenvalue weighted by Crippen LogP contribution is -2.49. The van der Waals surface area contributed by atoms with E-state index in [9.17, 15) is 9.59 Å². The smallest absolute Gasteiger partial charge is 0.306 e. The highest BCUT2D eigenvalue weighted by atomic mass is 16.5. The van der Waals surface area contributed by atoms with E-state index in [1.807, 2.05) is 23.1 Å². The van der Waals surface area contributed by atoms with Crippen molar-refractivity contribution in [3.05, 3.63) is 36.2 Å². The van der Waals surface area contributed by atoms with E-state index in [4.69, 9.17) is 0 Å². The first-order valence-electron chi connectivity index (χ1n) is 8.10. The number of nitrogens with zero attached hydrogens (tertiary/aromatic N) is 6. The number of aromatic nitrogens is 4. The van der Waals surface area contributed by atoms with Gasteiger partial charge in [-0.25, -0.2) is 0 Å². The number of tetrazole rings is 1. The minimum Gasteiger partial charge on any atom is -0.469 e. The molecule has 1 aromatic carbocycles. The lowest BCUT2D eigenvalue weighted by molar-refractivity contribution is -0.141. The summed E-state index contributed by atoms with van der Waals surface area (Å²) in [7, 11) is 1.39. The second-order valence-electron chi connectivity index (χ2n) is 5.73.